The van der Waals surface area contributed by atoms with Crippen LogP contribution in [0.4, 0.5) is 0 Å². The Hall–Kier alpha value is -5.56. The predicted octanol–water partition coefficient (Wildman–Crippen LogP) is 9.49. The third kappa shape index (κ3) is 14.4. The fourth-order valence-electron chi connectivity index (χ4n) is 12.9. The second kappa shape index (κ2) is 29.4. The van der Waals surface area contributed by atoms with Crippen LogP contribution in [0.2, 0.25) is 0 Å². The van der Waals surface area contributed by atoms with Crippen LogP contribution in [0.3, 0.4) is 0 Å². The van der Waals surface area contributed by atoms with Crippen molar-refractivity contribution in [1.29, 1.82) is 0 Å². The highest BCUT2D eigenvalue weighted by Gasteiger charge is 2.64. The maximum Gasteiger partial charge on any atom is 0.409 e. The van der Waals surface area contributed by atoms with E-state index in [0.29, 0.717) is 52.9 Å². The Morgan fingerprint density at radius 1 is 0.353 bits per heavy atom. The van der Waals surface area contributed by atoms with Gasteiger partial charge in [-0.1, -0.05) is 108 Å². The van der Waals surface area contributed by atoms with Gasteiger partial charge in [0.15, 0.2) is 12.4 Å². The van der Waals surface area contributed by atoms with Crippen molar-refractivity contribution in [2.45, 2.75) is 180 Å². The van der Waals surface area contributed by atoms with Crippen molar-refractivity contribution in [3.05, 3.63) is 157 Å². The maximum absolute atomic E-state index is 6.72. The van der Waals surface area contributed by atoms with Gasteiger partial charge in [-0.2, -0.15) is 0 Å². The predicted molar refractivity (Wildman–Crippen MR) is 347 cm³/mol. The van der Waals surface area contributed by atoms with Crippen molar-refractivity contribution in [2.75, 3.05) is 52.9 Å². The van der Waals surface area contributed by atoms with Gasteiger partial charge in [0.05, 0.1) is 24.2 Å². The Bertz CT molecular complexity index is 2720. The summed E-state index contributed by atoms with van der Waals surface area (Å²) in [5.41, 5.74) is 7.95. The van der Waals surface area contributed by atoms with E-state index in [1.807, 2.05) is 54.6 Å². The third-order valence-corrected chi connectivity index (χ3v) is 16.7. The summed E-state index contributed by atoms with van der Waals surface area (Å²) >= 11 is 0. The first kappa shape index (κ1) is 67.0. The lowest BCUT2D eigenvalue weighted by Gasteiger charge is -2.54. The molecule has 0 saturated carbocycles. The van der Waals surface area contributed by atoms with E-state index in [1.54, 1.807) is 0 Å². The van der Waals surface area contributed by atoms with Crippen molar-refractivity contribution in [3.8, 4) is 0 Å². The molecule has 5 aromatic rings. The van der Waals surface area contributed by atoms with Gasteiger partial charge in [-0.15, -0.1) is 0 Å². The first-order valence-corrected chi connectivity index (χ1v) is 31.7. The summed E-state index contributed by atoms with van der Waals surface area (Å²) in [6.07, 6.45) is 17.1. The van der Waals surface area contributed by atoms with Crippen LogP contribution in [0, 0.1) is 20.8 Å². The largest absolute Gasteiger partial charge is 0.553 e. The zero-order chi connectivity index (χ0) is 61.9. The van der Waals surface area contributed by atoms with Crippen LogP contribution < -0.4 is 20.6 Å². The van der Waals surface area contributed by atoms with Gasteiger partial charge >= 0.3 is 26.5 Å². The Morgan fingerprint density at radius 2 is 0.624 bits per heavy atom. The molecule has 20 heteroatoms. The molecule has 3 aromatic carbocycles. The number of nitrogens with zero attached hydrogens (tertiary/aromatic N) is 8. The highest BCUT2D eigenvalue weighted by atomic mass is 16.7. The molecule has 0 aliphatic carbocycles. The molecule has 464 valence electrons. The second-order valence-corrected chi connectivity index (χ2v) is 25.5. The lowest BCUT2D eigenvalue weighted by atomic mass is 9.35. The van der Waals surface area contributed by atoms with Gasteiger partial charge in [-0.25, -0.2) is 0 Å². The van der Waals surface area contributed by atoms with Crippen molar-refractivity contribution in [2.24, 2.45) is 0 Å². The lowest BCUT2D eigenvalue weighted by Crippen LogP contribution is -2.81. The molecule has 0 N–H and O–H groups in total. The van der Waals surface area contributed by atoms with Gasteiger partial charge in [0, 0.05) is 65.3 Å². The van der Waals surface area contributed by atoms with E-state index in [2.05, 4.69) is 255 Å². The van der Waals surface area contributed by atoms with Crippen molar-refractivity contribution >= 4 is 48.9 Å². The van der Waals surface area contributed by atoms with Crippen LogP contribution in [0.1, 0.15) is 152 Å². The van der Waals surface area contributed by atoms with Gasteiger partial charge in [0.2, 0.25) is 0 Å². The summed E-state index contributed by atoms with van der Waals surface area (Å²) < 4.78 is 66.8. The molecule has 6 aliphatic heterocycles. The molecule has 11 rings (SSSR count). The molecule has 6 aliphatic rings. The summed E-state index contributed by atoms with van der Waals surface area (Å²) in [6.45, 7) is 37.6. The van der Waals surface area contributed by atoms with E-state index in [-0.39, 0.29) is 48.3 Å². The monoisotopic (exact) mass is 1170 g/mol. The minimum Gasteiger partial charge on any atom is -0.553 e. The molecule has 85 heavy (non-hydrogen) atoms. The minimum absolute atomic E-state index is 0.184. The average molecular weight is 1170 g/mol. The highest BCUT2D eigenvalue weighted by molar-refractivity contribution is 7.29. The second-order valence-electron chi connectivity index (χ2n) is 25.5. The number of benzene rings is 3. The Balaban J connectivity index is 0.000000181. The molecule has 0 amide bonds. The molecule has 0 unspecified atom stereocenters. The van der Waals surface area contributed by atoms with Crippen LogP contribution in [0.15, 0.2) is 141 Å². The molecule has 4 saturated heterocycles. The number of hydrogen-bond acceptors (Lipinski definition) is 10. The number of aromatic nitrogens is 4. The molecular formula is C65H104B4N8O8. The number of rotatable bonds is 12. The molecule has 0 radical (unpaired) electrons. The fourth-order valence-corrected chi connectivity index (χ4v) is 12.9. The number of aryl methyl sites for hydroxylation is 3. The zero-order valence-electron chi connectivity index (χ0n) is 55.2. The van der Waals surface area contributed by atoms with E-state index in [4.69, 9.17) is 37.2 Å². The molecule has 0 bridgehead atoms. The van der Waals surface area contributed by atoms with Crippen LogP contribution in [0.5, 0.6) is 0 Å². The van der Waals surface area contributed by atoms with Crippen LogP contribution in [-0.2, 0) is 37.2 Å². The standard InChI is InChI=1S/2C22H40B2N4O4.3C7H8/c2*1-17(2)25-11-12-28(20(7)8)24(31-15-16-32-24)21(25)23(29-13-14-30-23)22-26(18(3)4)9-10-27(22)19(5)6;3*1-7-5-3-2-4-6-7/h2*9-12,17-20H,13-16H2,1-8H3;3*2-6H,1H3. The normalized spacial score (nSPS) is 19.2. The molecule has 2 spiro atoms. The first-order chi connectivity index (χ1) is 40.5. The number of hydrogen-bond donors (Lipinski definition) is 0. The molecular weight excluding hydrogens is 1060 g/mol. The van der Waals surface area contributed by atoms with E-state index in [1.165, 1.54) is 16.7 Å². The first-order valence-electron chi connectivity index (χ1n) is 31.7. The fraction of sp³-hybridized carbons (Fsp3) is 0.538. The van der Waals surface area contributed by atoms with E-state index in [9.17, 15) is 0 Å². The summed E-state index contributed by atoms with van der Waals surface area (Å²) in [5, 5.41) is 0. The van der Waals surface area contributed by atoms with Crippen molar-refractivity contribution in [3.63, 3.8) is 0 Å². The van der Waals surface area contributed by atoms with E-state index in [0.717, 1.165) is 22.5 Å². The quantitative estimate of drug-likeness (QED) is 0.0887. The summed E-state index contributed by atoms with van der Waals surface area (Å²) in [4.78, 5) is 4.44. The third-order valence-electron chi connectivity index (χ3n) is 16.7. The molecule has 0 atom stereocenters. The molecule has 16 nitrogen and oxygen atoms in total. The summed E-state index contributed by atoms with van der Waals surface area (Å²) in [6, 6.07) is 32.5. The van der Waals surface area contributed by atoms with Gasteiger partial charge in [0.1, 0.15) is 48.3 Å². The van der Waals surface area contributed by atoms with Crippen LogP contribution in [0.25, 0.3) is 0 Å². The van der Waals surface area contributed by atoms with Gasteiger partial charge in [0.25, 0.3) is 0 Å². The van der Waals surface area contributed by atoms with Gasteiger partial charge in [-0.3, -0.25) is 27.4 Å². The SMILES string of the molecule is CC(C)N1C=C[N+](C(C)C)=C([B-]2(c3n(C(C)C)cc[n+]3C(C)C)OCCO2)[B-]12OCCO2.CC(C)N1C=C[N+](C(C)C)=C([B-]2(c3n(C(C)C)cc[n+]3C(C)C)OCCO2)[B-]12OCCO2.Cc1ccccc1.Cc1ccccc1.Cc1ccccc1. The van der Waals surface area contributed by atoms with Gasteiger partial charge < -0.3 is 46.9 Å². The van der Waals surface area contributed by atoms with E-state index < -0.39 is 26.5 Å². The Labute approximate surface area is 511 Å². The Kier molecular flexibility index (Phi) is 23.2. The summed E-state index contributed by atoms with van der Waals surface area (Å²) in [5.74, 6) is 0. The smallest absolute Gasteiger partial charge is 0.409 e. The number of imidazole rings is 2. The Morgan fingerprint density at radius 3 is 0.835 bits per heavy atom. The van der Waals surface area contributed by atoms with Crippen molar-refractivity contribution < 1.29 is 55.5 Å². The molecule has 4 fully saturated rings. The van der Waals surface area contributed by atoms with Crippen LogP contribution in [-0.4, -0.2) is 142 Å². The minimum atomic E-state index is -2.04. The topological polar surface area (TPSA) is 104 Å². The maximum atomic E-state index is 6.72. The molecule has 2 aromatic heterocycles. The van der Waals surface area contributed by atoms with Crippen molar-refractivity contribution in [1.82, 2.24) is 18.8 Å². The van der Waals surface area contributed by atoms with Crippen LogP contribution >= 0.6 is 0 Å². The zero-order valence-corrected chi connectivity index (χ0v) is 55.2. The average Bonchev–Trinajstić information content (AvgIpc) is 1.76. The lowest BCUT2D eigenvalue weighted by molar-refractivity contribution is -0.700. The molecule has 8 heterocycles. The van der Waals surface area contributed by atoms with Gasteiger partial charge in [-0.05, 0) is 155 Å². The summed E-state index contributed by atoms with van der Waals surface area (Å²) in [7, 11) is 0. The highest BCUT2D eigenvalue weighted by Crippen LogP contribution is 2.36. The van der Waals surface area contributed by atoms with E-state index >= 15 is 0 Å².